The number of hydrogen-bond acceptors (Lipinski definition) is 2. The van der Waals surface area contributed by atoms with Crippen LogP contribution in [0.1, 0.15) is 54.3 Å². The first-order valence-electron chi connectivity index (χ1n) is 8.15. The van der Waals surface area contributed by atoms with Gasteiger partial charge in [-0.15, -0.1) is 0 Å². The Hall–Kier alpha value is -1.84. The maximum Gasteiger partial charge on any atom is 0.253 e. The fraction of sp³-hybridized carbons (Fsp3) is 0.556. The Morgan fingerprint density at radius 2 is 2.05 bits per heavy atom. The fourth-order valence-electron chi connectivity index (χ4n) is 2.75. The van der Waals surface area contributed by atoms with Gasteiger partial charge in [0.15, 0.2) is 0 Å². The number of amides is 2. The number of likely N-dealkylation sites (tertiary alicyclic amines) is 1. The van der Waals surface area contributed by atoms with Gasteiger partial charge in [0.05, 0.1) is 0 Å². The number of carbonyl (C=O) groups excluding carboxylic acids is 2. The molecule has 1 atom stereocenters. The summed E-state index contributed by atoms with van der Waals surface area (Å²) in [4.78, 5) is 26.6. The van der Waals surface area contributed by atoms with Crippen LogP contribution in [0.15, 0.2) is 24.3 Å². The SMILES string of the molecule is CC(C)CNC(=O)c1cccc(C(=O)N2CCCC(C)C2)c1. The molecule has 1 aliphatic rings. The normalized spacial score (nSPS) is 18.4. The molecule has 0 bridgehead atoms. The zero-order chi connectivity index (χ0) is 16.1. The lowest BCUT2D eigenvalue weighted by atomic mass is 9.99. The molecule has 4 heteroatoms. The van der Waals surface area contributed by atoms with E-state index in [0.29, 0.717) is 29.5 Å². The summed E-state index contributed by atoms with van der Waals surface area (Å²) >= 11 is 0. The van der Waals surface area contributed by atoms with E-state index in [1.807, 2.05) is 4.90 Å². The predicted octanol–water partition coefficient (Wildman–Crippen LogP) is 2.94. The van der Waals surface area contributed by atoms with Crippen molar-refractivity contribution in [1.82, 2.24) is 10.2 Å². The van der Waals surface area contributed by atoms with Crippen LogP contribution in [0.4, 0.5) is 0 Å². The number of piperidine rings is 1. The van der Waals surface area contributed by atoms with Crippen molar-refractivity contribution in [2.45, 2.75) is 33.6 Å². The third-order valence-electron chi connectivity index (χ3n) is 3.99. The number of hydrogen-bond donors (Lipinski definition) is 1. The van der Waals surface area contributed by atoms with Gasteiger partial charge in [0.25, 0.3) is 11.8 Å². The standard InChI is InChI=1S/C18H26N2O2/c1-13(2)11-19-17(21)15-7-4-8-16(10-15)18(22)20-9-5-6-14(3)12-20/h4,7-8,10,13-14H,5-6,9,11-12H2,1-3H3,(H,19,21). The van der Waals surface area contributed by atoms with E-state index in [0.717, 1.165) is 19.5 Å². The predicted molar refractivity (Wildman–Crippen MR) is 87.9 cm³/mol. The molecule has 0 spiro atoms. The van der Waals surface area contributed by atoms with Crippen LogP contribution in [0.5, 0.6) is 0 Å². The molecule has 1 N–H and O–H groups in total. The van der Waals surface area contributed by atoms with Crippen molar-refractivity contribution in [3.63, 3.8) is 0 Å². The average Bonchev–Trinajstić information content (AvgIpc) is 2.52. The van der Waals surface area contributed by atoms with Crippen molar-refractivity contribution >= 4 is 11.8 Å². The quantitative estimate of drug-likeness (QED) is 0.929. The van der Waals surface area contributed by atoms with Crippen molar-refractivity contribution < 1.29 is 9.59 Å². The van der Waals surface area contributed by atoms with Gasteiger partial charge in [-0.1, -0.05) is 26.8 Å². The molecule has 2 amide bonds. The molecule has 1 heterocycles. The van der Waals surface area contributed by atoms with Gasteiger partial charge in [0, 0.05) is 30.8 Å². The molecule has 1 aromatic rings. The molecule has 2 rings (SSSR count). The molecule has 1 unspecified atom stereocenters. The highest BCUT2D eigenvalue weighted by molar-refractivity contribution is 5.99. The number of nitrogens with one attached hydrogen (secondary N) is 1. The van der Waals surface area contributed by atoms with Crippen LogP contribution in [0, 0.1) is 11.8 Å². The molecule has 1 aromatic carbocycles. The first kappa shape index (κ1) is 16.5. The first-order valence-corrected chi connectivity index (χ1v) is 8.15. The lowest BCUT2D eigenvalue weighted by Crippen LogP contribution is -2.39. The topological polar surface area (TPSA) is 49.4 Å². The van der Waals surface area contributed by atoms with Crippen LogP contribution < -0.4 is 5.32 Å². The molecule has 1 fully saturated rings. The highest BCUT2D eigenvalue weighted by atomic mass is 16.2. The van der Waals surface area contributed by atoms with Crippen LogP contribution in [0.25, 0.3) is 0 Å². The van der Waals surface area contributed by atoms with Crippen LogP contribution >= 0.6 is 0 Å². The fourth-order valence-corrected chi connectivity index (χ4v) is 2.75. The number of carbonyl (C=O) groups is 2. The summed E-state index contributed by atoms with van der Waals surface area (Å²) in [5.41, 5.74) is 1.16. The van der Waals surface area contributed by atoms with Crippen LogP contribution in [-0.2, 0) is 0 Å². The smallest absolute Gasteiger partial charge is 0.253 e. The number of benzene rings is 1. The van der Waals surface area contributed by atoms with Crippen LogP contribution in [0.2, 0.25) is 0 Å². The van der Waals surface area contributed by atoms with Gasteiger partial charge in [-0.25, -0.2) is 0 Å². The Bertz CT molecular complexity index is 540. The summed E-state index contributed by atoms with van der Waals surface area (Å²) in [7, 11) is 0. The minimum atomic E-state index is -0.115. The Labute approximate surface area is 132 Å². The van der Waals surface area contributed by atoms with Gasteiger partial charge in [-0.3, -0.25) is 9.59 Å². The van der Waals surface area contributed by atoms with Gasteiger partial charge in [-0.05, 0) is 42.9 Å². The lowest BCUT2D eigenvalue weighted by Gasteiger charge is -2.31. The maximum atomic E-state index is 12.6. The highest BCUT2D eigenvalue weighted by Gasteiger charge is 2.22. The second-order valence-corrected chi connectivity index (χ2v) is 6.68. The molecular weight excluding hydrogens is 276 g/mol. The summed E-state index contributed by atoms with van der Waals surface area (Å²) in [6, 6.07) is 7.04. The van der Waals surface area contributed by atoms with Crippen molar-refractivity contribution in [3.8, 4) is 0 Å². The summed E-state index contributed by atoms with van der Waals surface area (Å²) in [6.07, 6.45) is 2.24. The van der Waals surface area contributed by atoms with E-state index in [4.69, 9.17) is 0 Å². The first-order chi connectivity index (χ1) is 10.5. The maximum absolute atomic E-state index is 12.6. The molecule has 4 nitrogen and oxygen atoms in total. The lowest BCUT2D eigenvalue weighted by molar-refractivity contribution is 0.0683. The summed E-state index contributed by atoms with van der Waals surface area (Å²) in [5, 5.41) is 2.89. The van der Waals surface area contributed by atoms with E-state index in [1.165, 1.54) is 6.42 Å². The average molecular weight is 302 g/mol. The zero-order valence-electron chi connectivity index (χ0n) is 13.8. The second kappa shape index (κ2) is 7.43. The molecule has 0 aliphatic carbocycles. The minimum absolute atomic E-state index is 0.0325. The third-order valence-corrected chi connectivity index (χ3v) is 3.99. The number of nitrogens with zero attached hydrogens (tertiary/aromatic N) is 1. The number of rotatable bonds is 4. The summed E-state index contributed by atoms with van der Waals surface area (Å²) in [6.45, 7) is 8.54. The van der Waals surface area contributed by atoms with Crippen molar-refractivity contribution in [1.29, 1.82) is 0 Å². The third kappa shape index (κ3) is 4.33. The van der Waals surface area contributed by atoms with E-state index >= 15 is 0 Å². The van der Waals surface area contributed by atoms with Crippen LogP contribution in [0.3, 0.4) is 0 Å². The molecule has 22 heavy (non-hydrogen) atoms. The molecule has 1 saturated heterocycles. The molecule has 0 saturated carbocycles. The molecule has 0 aromatic heterocycles. The van der Waals surface area contributed by atoms with Crippen molar-refractivity contribution in [3.05, 3.63) is 35.4 Å². The van der Waals surface area contributed by atoms with Gasteiger partial charge >= 0.3 is 0 Å². The van der Waals surface area contributed by atoms with Crippen LogP contribution in [-0.4, -0.2) is 36.3 Å². The Morgan fingerprint density at radius 3 is 2.73 bits per heavy atom. The molecule has 0 radical (unpaired) electrons. The van der Waals surface area contributed by atoms with E-state index in [9.17, 15) is 9.59 Å². The van der Waals surface area contributed by atoms with E-state index < -0.39 is 0 Å². The van der Waals surface area contributed by atoms with Crippen molar-refractivity contribution in [2.75, 3.05) is 19.6 Å². The monoisotopic (exact) mass is 302 g/mol. The minimum Gasteiger partial charge on any atom is -0.352 e. The Kier molecular flexibility index (Phi) is 5.58. The van der Waals surface area contributed by atoms with Gasteiger partial charge in [0.2, 0.25) is 0 Å². The van der Waals surface area contributed by atoms with E-state index in [2.05, 4.69) is 26.1 Å². The molecule has 120 valence electrons. The van der Waals surface area contributed by atoms with Gasteiger partial charge in [0.1, 0.15) is 0 Å². The highest BCUT2D eigenvalue weighted by Crippen LogP contribution is 2.18. The summed E-state index contributed by atoms with van der Waals surface area (Å²) < 4.78 is 0. The van der Waals surface area contributed by atoms with Gasteiger partial charge in [-0.2, -0.15) is 0 Å². The zero-order valence-corrected chi connectivity index (χ0v) is 13.8. The molecule has 1 aliphatic heterocycles. The Balaban J connectivity index is 2.07. The van der Waals surface area contributed by atoms with E-state index in [-0.39, 0.29) is 11.8 Å². The van der Waals surface area contributed by atoms with Gasteiger partial charge < -0.3 is 10.2 Å². The van der Waals surface area contributed by atoms with Crippen molar-refractivity contribution in [2.24, 2.45) is 11.8 Å². The molecular formula is C18H26N2O2. The Morgan fingerprint density at radius 1 is 1.32 bits per heavy atom. The van der Waals surface area contributed by atoms with E-state index in [1.54, 1.807) is 24.3 Å². The second-order valence-electron chi connectivity index (χ2n) is 6.68. The largest absolute Gasteiger partial charge is 0.352 e. The summed E-state index contributed by atoms with van der Waals surface area (Å²) in [5.74, 6) is 0.874.